The summed E-state index contributed by atoms with van der Waals surface area (Å²) in [7, 11) is 0. The lowest BCUT2D eigenvalue weighted by molar-refractivity contribution is 0.521. The third-order valence-electron chi connectivity index (χ3n) is 3.65. The van der Waals surface area contributed by atoms with Gasteiger partial charge in [-0.05, 0) is 24.1 Å². The van der Waals surface area contributed by atoms with Gasteiger partial charge < -0.3 is 0 Å². The van der Waals surface area contributed by atoms with E-state index in [-0.39, 0.29) is 0 Å². The largest absolute Gasteiger partial charge is 0.0932 e. The number of rotatable bonds is 13. The highest BCUT2D eigenvalue weighted by molar-refractivity contribution is 7.79. The highest BCUT2D eigenvalue weighted by Gasteiger charge is 2.00. The van der Waals surface area contributed by atoms with Crippen LogP contribution in [0.4, 0.5) is 0 Å². The zero-order chi connectivity index (χ0) is 12.8. The van der Waals surface area contributed by atoms with Crippen molar-refractivity contribution in [1.29, 1.82) is 0 Å². The van der Waals surface area contributed by atoms with Crippen LogP contribution in [0.3, 0.4) is 0 Å². The molecule has 0 aromatic rings. The lowest BCUT2D eigenvalue weighted by Gasteiger charge is -2.07. The van der Waals surface area contributed by atoms with Crippen LogP contribution < -0.4 is 0 Å². The van der Waals surface area contributed by atoms with Crippen molar-refractivity contribution in [1.82, 2.24) is 0 Å². The molecular weight excluding hydrogens is 224 g/mol. The highest BCUT2D eigenvalue weighted by Crippen LogP contribution is 2.14. The molecule has 0 aromatic carbocycles. The van der Waals surface area contributed by atoms with Crippen molar-refractivity contribution in [3.8, 4) is 0 Å². The third kappa shape index (κ3) is 12.3. The molecule has 0 aliphatic heterocycles. The molecule has 0 nitrogen and oxygen atoms in total. The first-order chi connectivity index (χ1) is 8.35. The number of hydrogen-bond acceptors (Lipinski definition) is 1. The van der Waals surface area contributed by atoms with Crippen LogP contribution in [0.2, 0.25) is 0 Å². The Balaban J connectivity index is 3.05. The zero-order valence-corrected chi connectivity index (χ0v) is 12.9. The smallest absolute Gasteiger partial charge is 0.0131 e. The van der Waals surface area contributed by atoms with Crippen molar-refractivity contribution < 1.29 is 0 Å². The van der Waals surface area contributed by atoms with E-state index >= 15 is 0 Å². The summed E-state index contributed by atoms with van der Waals surface area (Å²) >= 11 is 5.02. The maximum atomic E-state index is 5.02. The summed E-state index contributed by atoms with van der Waals surface area (Å²) in [6, 6.07) is 0. The van der Waals surface area contributed by atoms with Crippen LogP contribution >= 0.6 is 12.2 Å². The predicted molar refractivity (Wildman–Crippen MR) is 83.9 cm³/mol. The summed E-state index contributed by atoms with van der Waals surface area (Å²) in [5, 5.41) is 1.97. The van der Waals surface area contributed by atoms with Crippen LogP contribution in [0.1, 0.15) is 90.9 Å². The molecule has 0 aliphatic rings. The molecule has 17 heavy (non-hydrogen) atoms. The van der Waals surface area contributed by atoms with Gasteiger partial charge in [0.05, 0.1) is 0 Å². The third-order valence-corrected chi connectivity index (χ3v) is 4.03. The molecule has 0 radical (unpaired) electrons. The zero-order valence-electron chi connectivity index (χ0n) is 12.0. The van der Waals surface area contributed by atoms with Crippen LogP contribution in [0.15, 0.2) is 0 Å². The highest BCUT2D eigenvalue weighted by atomic mass is 32.1. The van der Waals surface area contributed by atoms with Crippen molar-refractivity contribution in [2.24, 2.45) is 5.92 Å². The minimum atomic E-state index is 0.694. The summed E-state index contributed by atoms with van der Waals surface area (Å²) in [6.45, 7) is 4.52. The molecule has 0 aromatic heterocycles. The van der Waals surface area contributed by atoms with E-state index in [1.807, 2.05) is 5.37 Å². The van der Waals surface area contributed by atoms with Gasteiger partial charge in [0.2, 0.25) is 0 Å². The van der Waals surface area contributed by atoms with Crippen LogP contribution in [-0.2, 0) is 0 Å². The number of unbranched alkanes of at least 4 members (excludes halogenated alkanes) is 9. The first kappa shape index (κ1) is 17.1. The van der Waals surface area contributed by atoms with Gasteiger partial charge in [0.1, 0.15) is 0 Å². The second-order valence-electron chi connectivity index (χ2n) is 5.28. The summed E-state index contributed by atoms with van der Waals surface area (Å²) in [6.07, 6.45) is 16.8. The van der Waals surface area contributed by atoms with E-state index in [0.29, 0.717) is 5.92 Å². The van der Waals surface area contributed by atoms with Gasteiger partial charge in [0.25, 0.3) is 0 Å². The van der Waals surface area contributed by atoms with E-state index in [9.17, 15) is 0 Å². The van der Waals surface area contributed by atoms with Crippen LogP contribution in [0.25, 0.3) is 0 Å². The Bertz CT molecular complexity index is 154. The Kier molecular flexibility index (Phi) is 14.2. The standard InChI is InChI=1S/C16H32S/c1-3-5-6-7-8-9-10-11-12-13-14-16(4-2)15-17/h15-16H,3-14H2,1-2H3. The molecule has 102 valence electrons. The van der Waals surface area contributed by atoms with Gasteiger partial charge in [-0.25, -0.2) is 0 Å². The van der Waals surface area contributed by atoms with Crippen molar-refractivity contribution >= 4 is 17.6 Å². The van der Waals surface area contributed by atoms with Crippen LogP contribution in [0.5, 0.6) is 0 Å². The van der Waals surface area contributed by atoms with Gasteiger partial charge in [-0.1, -0.05) is 90.3 Å². The molecule has 0 N–H and O–H groups in total. The first-order valence-corrected chi connectivity index (χ1v) is 8.27. The molecule has 0 fully saturated rings. The Labute approximate surface area is 115 Å². The fourth-order valence-corrected chi connectivity index (χ4v) is 2.59. The second-order valence-corrected chi connectivity index (χ2v) is 5.55. The Hall–Kier alpha value is 0.0900. The minimum absolute atomic E-state index is 0.694. The van der Waals surface area contributed by atoms with Crippen molar-refractivity contribution in [2.75, 3.05) is 0 Å². The normalized spacial score (nSPS) is 12.6. The van der Waals surface area contributed by atoms with Crippen molar-refractivity contribution in [3.05, 3.63) is 0 Å². The quantitative estimate of drug-likeness (QED) is 0.274. The van der Waals surface area contributed by atoms with E-state index in [4.69, 9.17) is 12.2 Å². The molecule has 1 heteroatoms. The molecule has 0 saturated carbocycles. The fourth-order valence-electron chi connectivity index (χ4n) is 2.26. The van der Waals surface area contributed by atoms with Crippen molar-refractivity contribution in [3.63, 3.8) is 0 Å². The molecule has 1 atom stereocenters. The van der Waals surface area contributed by atoms with Gasteiger partial charge in [-0.2, -0.15) is 0 Å². The lowest BCUT2D eigenvalue weighted by atomic mass is 9.99. The molecule has 0 aliphatic carbocycles. The van der Waals surface area contributed by atoms with E-state index in [2.05, 4.69) is 13.8 Å². The molecule has 0 spiro atoms. The average molecular weight is 256 g/mol. The predicted octanol–water partition coefficient (Wildman–Crippen LogP) is 6.32. The van der Waals surface area contributed by atoms with E-state index in [1.54, 1.807) is 0 Å². The first-order valence-electron chi connectivity index (χ1n) is 7.80. The Morgan fingerprint density at radius 1 is 0.765 bits per heavy atom. The van der Waals surface area contributed by atoms with E-state index in [0.717, 1.165) is 0 Å². The Morgan fingerprint density at radius 3 is 1.65 bits per heavy atom. The molecule has 0 saturated heterocycles. The van der Waals surface area contributed by atoms with E-state index in [1.165, 1.54) is 77.0 Å². The lowest BCUT2D eigenvalue weighted by Crippen LogP contribution is -1.98. The number of hydrogen-bond donors (Lipinski definition) is 0. The monoisotopic (exact) mass is 256 g/mol. The van der Waals surface area contributed by atoms with E-state index < -0.39 is 0 Å². The van der Waals surface area contributed by atoms with Gasteiger partial charge in [-0.15, -0.1) is 0 Å². The molecular formula is C16H32S. The molecule has 0 heterocycles. The number of thiocarbonyl (C=S) groups is 1. The second kappa shape index (κ2) is 14.2. The van der Waals surface area contributed by atoms with Crippen LogP contribution in [0, 0.1) is 5.92 Å². The summed E-state index contributed by atoms with van der Waals surface area (Å²) in [4.78, 5) is 0. The summed E-state index contributed by atoms with van der Waals surface area (Å²) in [5.41, 5.74) is 0. The Morgan fingerprint density at radius 2 is 1.24 bits per heavy atom. The molecule has 0 bridgehead atoms. The van der Waals surface area contributed by atoms with Gasteiger partial charge in [-0.3, -0.25) is 0 Å². The topological polar surface area (TPSA) is 0 Å². The molecule has 0 rings (SSSR count). The maximum Gasteiger partial charge on any atom is -0.0131 e. The van der Waals surface area contributed by atoms with Gasteiger partial charge >= 0.3 is 0 Å². The summed E-state index contributed by atoms with van der Waals surface area (Å²) in [5.74, 6) is 0.694. The SMILES string of the molecule is CCCCCCCCCCCCC(C=S)CC. The van der Waals surface area contributed by atoms with Crippen molar-refractivity contribution in [2.45, 2.75) is 90.9 Å². The molecule has 0 amide bonds. The molecule has 1 unspecified atom stereocenters. The summed E-state index contributed by atoms with van der Waals surface area (Å²) < 4.78 is 0. The maximum absolute atomic E-state index is 5.02. The minimum Gasteiger partial charge on any atom is -0.0932 e. The fraction of sp³-hybridized carbons (Fsp3) is 0.938. The van der Waals surface area contributed by atoms with Crippen LogP contribution in [-0.4, -0.2) is 5.37 Å². The van der Waals surface area contributed by atoms with Gasteiger partial charge in [0, 0.05) is 0 Å². The van der Waals surface area contributed by atoms with Gasteiger partial charge in [0.15, 0.2) is 0 Å². The average Bonchev–Trinajstić information content (AvgIpc) is 2.36.